The molecule has 2 heterocycles. The Hall–Kier alpha value is -2.28. The molecule has 0 radical (unpaired) electrons. The van der Waals surface area contributed by atoms with Crippen LogP contribution in [-0.2, 0) is 11.8 Å². The third-order valence-electron chi connectivity index (χ3n) is 5.27. The molecule has 0 N–H and O–H groups in total. The van der Waals surface area contributed by atoms with Crippen LogP contribution in [0, 0.1) is 0 Å². The van der Waals surface area contributed by atoms with Crippen molar-refractivity contribution >= 4 is 17.5 Å². The van der Waals surface area contributed by atoms with Gasteiger partial charge in [0, 0.05) is 37.1 Å². The number of ether oxygens (including phenoxy) is 1. The standard InChI is InChI=1S/C21H29ClN4O3/c1-14(2)26-18(23-24(5)20(26)28)15-7-6-12-25(13-15)19(27)21(3,4)29-17-10-8-16(22)9-11-17/h8-11,14-15H,6-7,12-13H2,1-5H3. The summed E-state index contributed by atoms with van der Waals surface area (Å²) >= 11 is 5.93. The van der Waals surface area contributed by atoms with Gasteiger partial charge in [-0.3, -0.25) is 9.36 Å². The summed E-state index contributed by atoms with van der Waals surface area (Å²) in [6.07, 6.45) is 1.75. The number of aryl methyl sites for hydroxylation is 1. The highest BCUT2D eigenvalue weighted by Crippen LogP contribution is 2.29. The van der Waals surface area contributed by atoms with Crippen LogP contribution in [0.25, 0.3) is 0 Å². The molecule has 1 aromatic carbocycles. The second-order valence-corrected chi connectivity index (χ2v) is 8.82. The third kappa shape index (κ3) is 4.50. The fraction of sp³-hybridized carbons (Fsp3) is 0.571. The topological polar surface area (TPSA) is 69.4 Å². The first-order chi connectivity index (χ1) is 13.6. The molecule has 0 saturated carbocycles. The summed E-state index contributed by atoms with van der Waals surface area (Å²) in [6, 6.07) is 7.00. The van der Waals surface area contributed by atoms with Crippen molar-refractivity contribution in [3.63, 3.8) is 0 Å². The average molecular weight is 421 g/mol. The summed E-state index contributed by atoms with van der Waals surface area (Å²) < 4.78 is 9.08. The van der Waals surface area contributed by atoms with Crippen molar-refractivity contribution in [3.8, 4) is 5.75 Å². The molecule has 1 saturated heterocycles. The van der Waals surface area contributed by atoms with Gasteiger partial charge in [0.15, 0.2) is 5.60 Å². The summed E-state index contributed by atoms with van der Waals surface area (Å²) in [7, 11) is 1.67. The highest BCUT2D eigenvalue weighted by Gasteiger charge is 2.38. The lowest BCUT2D eigenvalue weighted by atomic mass is 9.95. The Morgan fingerprint density at radius 1 is 1.28 bits per heavy atom. The zero-order chi connectivity index (χ0) is 21.3. The number of carbonyl (C=O) groups excluding carboxylic acids is 1. The van der Waals surface area contributed by atoms with Crippen LogP contribution in [0.4, 0.5) is 0 Å². The van der Waals surface area contributed by atoms with Crippen molar-refractivity contribution in [1.29, 1.82) is 0 Å². The van der Waals surface area contributed by atoms with Gasteiger partial charge in [-0.25, -0.2) is 9.48 Å². The minimum absolute atomic E-state index is 0.0157. The number of benzene rings is 1. The van der Waals surface area contributed by atoms with E-state index in [1.165, 1.54) is 4.68 Å². The summed E-state index contributed by atoms with van der Waals surface area (Å²) in [5.41, 5.74) is -1.14. The molecule has 2 aromatic rings. The molecule has 1 aliphatic heterocycles. The van der Waals surface area contributed by atoms with Crippen molar-refractivity contribution in [2.24, 2.45) is 7.05 Å². The number of rotatable bonds is 5. The number of halogens is 1. The molecule has 8 heteroatoms. The van der Waals surface area contributed by atoms with Gasteiger partial charge in [-0.05, 0) is 64.8 Å². The maximum Gasteiger partial charge on any atom is 0.345 e. The number of likely N-dealkylation sites (tertiary alicyclic amines) is 1. The molecule has 1 amide bonds. The van der Waals surface area contributed by atoms with Crippen LogP contribution in [0.15, 0.2) is 29.1 Å². The van der Waals surface area contributed by atoms with Crippen molar-refractivity contribution in [1.82, 2.24) is 19.2 Å². The van der Waals surface area contributed by atoms with Crippen molar-refractivity contribution < 1.29 is 9.53 Å². The first-order valence-corrected chi connectivity index (χ1v) is 10.4. The zero-order valence-electron chi connectivity index (χ0n) is 17.7. The molecule has 0 bridgehead atoms. The van der Waals surface area contributed by atoms with Gasteiger partial charge in [-0.1, -0.05) is 11.6 Å². The van der Waals surface area contributed by atoms with E-state index in [9.17, 15) is 9.59 Å². The first kappa shape index (κ1) is 21.4. The van der Waals surface area contributed by atoms with Gasteiger partial charge < -0.3 is 9.64 Å². The van der Waals surface area contributed by atoms with Gasteiger partial charge in [0.1, 0.15) is 11.6 Å². The third-order valence-corrected chi connectivity index (χ3v) is 5.53. The van der Waals surface area contributed by atoms with E-state index >= 15 is 0 Å². The second kappa shape index (κ2) is 8.22. The van der Waals surface area contributed by atoms with E-state index in [0.717, 1.165) is 18.7 Å². The number of carbonyl (C=O) groups is 1. The number of nitrogens with zero attached hydrogens (tertiary/aromatic N) is 4. The smallest absolute Gasteiger partial charge is 0.345 e. The van der Waals surface area contributed by atoms with Gasteiger partial charge in [-0.15, -0.1) is 0 Å². The predicted molar refractivity (Wildman–Crippen MR) is 113 cm³/mol. The molecule has 0 aliphatic carbocycles. The highest BCUT2D eigenvalue weighted by molar-refractivity contribution is 6.30. The van der Waals surface area contributed by atoms with Crippen LogP contribution in [0.3, 0.4) is 0 Å². The van der Waals surface area contributed by atoms with E-state index in [1.807, 2.05) is 18.7 Å². The Morgan fingerprint density at radius 2 is 1.93 bits per heavy atom. The summed E-state index contributed by atoms with van der Waals surface area (Å²) in [4.78, 5) is 27.5. The monoisotopic (exact) mass is 420 g/mol. The van der Waals surface area contributed by atoms with Crippen LogP contribution in [0.2, 0.25) is 5.02 Å². The van der Waals surface area contributed by atoms with Gasteiger partial charge in [0.05, 0.1) is 0 Å². The van der Waals surface area contributed by atoms with E-state index < -0.39 is 5.60 Å². The fourth-order valence-corrected chi connectivity index (χ4v) is 3.98. The number of hydrogen-bond donors (Lipinski definition) is 0. The molecule has 3 rings (SSSR count). The normalized spacial score (nSPS) is 17.6. The van der Waals surface area contributed by atoms with E-state index in [1.54, 1.807) is 49.7 Å². The fourth-order valence-electron chi connectivity index (χ4n) is 3.86. The molecule has 158 valence electrons. The lowest BCUT2D eigenvalue weighted by molar-refractivity contribution is -0.146. The number of piperidine rings is 1. The molecule has 1 fully saturated rings. The Labute approximate surface area is 176 Å². The van der Waals surface area contributed by atoms with Crippen LogP contribution >= 0.6 is 11.6 Å². The van der Waals surface area contributed by atoms with E-state index in [4.69, 9.17) is 16.3 Å². The maximum atomic E-state index is 13.2. The van der Waals surface area contributed by atoms with E-state index in [-0.39, 0.29) is 23.6 Å². The van der Waals surface area contributed by atoms with Crippen LogP contribution in [0.1, 0.15) is 58.3 Å². The van der Waals surface area contributed by atoms with Crippen LogP contribution in [-0.4, -0.2) is 43.8 Å². The van der Waals surface area contributed by atoms with Gasteiger partial charge in [0.2, 0.25) is 0 Å². The molecule has 1 unspecified atom stereocenters. The quantitative estimate of drug-likeness (QED) is 0.743. The zero-order valence-corrected chi connectivity index (χ0v) is 18.4. The van der Waals surface area contributed by atoms with Crippen LogP contribution < -0.4 is 10.4 Å². The molecular formula is C21H29ClN4O3. The Kier molecular flexibility index (Phi) is 6.08. The molecular weight excluding hydrogens is 392 g/mol. The Bertz CT molecular complexity index is 930. The van der Waals surface area contributed by atoms with Gasteiger partial charge in [0.25, 0.3) is 5.91 Å². The maximum absolute atomic E-state index is 13.2. The van der Waals surface area contributed by atoms with Crippen molar-refractivity contribution in [2.75, 3.05) is 13.1 Å². The van der Waals surface area contributed by atoms with E-state index in [0.29, 0.717) is 23.9 Å². The SMILES string of the molecule is CC(C)n1c(C2CCCN(C(=O)C(C)(C)Oc3ccc(Cl)cc3)C2)nn(C)c1=O. The average Bonchev–Trinajstić information content (AvgIpc) is 2.98. The van der Waals surface area contributed by atoms with Crippen molar-refractivity contribution in [3.05, 3.63) is 45.6 Å². The summed E-state index contributed by atoms with van der Waals surface area (Å²) in [5.74, 6) is 1.29. The van der Waals surface area contributed by atoms with E-state index in [2.05, 4.69) is 5.10 Å². The largest absolute Gasteiger partial charge is 0.478 e. The predicted octanol–water partition coefficient (Wildman–Crippen LogP) is 3.38. The highest BCUT2D eigenvalue weighted by atomic mass is 35.5. The van der Waals surface area contributed by atoms with Gasteiger partial charge >= 0.3 is 5.69 Å². The molecule has 1 aromatic heterocycles. The number of amides is 1. The second-order valence-electron chi connectivity index (χ2n) is 8.38. The summed E-state index contributed by atoms with van der Waals surface area (Å²) in [5, 5.41) is 5.09. The first-order valence-electron chi connectivity index (χ1n) is 9.99. The lowest BCUT2D eigenvalue weighted by Crippen LogP contribution is -2.51. The number of hydrogen-bond acceptors (Lipinski definition) is 4. The number of aromatic nitrogens is 3. The lowest BCUT2D eigenvalue weighted by Gasteiger charge is -2.37. The molecule has 1 atom stereocenters. The Balaban J connectivity index is 1.78. The van der Waals surface area contributed by atoms with Crippen molar-refractivity contribution in [2.45, 2.75) is 58.1 Å². The molecule has 1 aliphatic rings. The molecule has 7 nitrogen and oxygen atoms in total. The Morgan fingerprint density at radius 3 is 2.55 bits per heavy atom. The van der Waals surface area contributed by atoms with Gasteiger partial charge in [-0.2, -0.15) is 5.10 Å². The minimum Gasteiger partial charge on any atom is -0.478 e. The minimum atomic E-state index is -1.02. The van der Waals surface area contributed by atoms with Crippen LogP contribution in [0.5, 0.6) is 5.75 Å². The molecule has 29 heavy (non-hydrogen) atoms. The summed E-state index contributed by atoms with van der Waals surface area (Å²) in [6.45, 7) is 8.69. The molecule has 0 spiro atoms.